The van der Waals surface area contributed by atoms with Crippen molar-refractivity contribution in [1.29, 1.82) is 0 Å². The van der Waals surface area contributed by atoms with E-state index in [0.29, 0.717) is 12.1 Å². The fraction of sp³-hybridized carbons (Fsp3) is 0.636. The van der Waals surface area contributed by atoms with Crippen LogP contribution >= 0.6 is 0 Å². The van der Waals surface area contributed by atoms with Crippen molar-refractivity contribution < 1.29 is 45.8 Å². The molecule has 198 valence electrons. The van der Waals surface area contributed by atoms with Gasteiger partial charge in [-0.25, -0.2) is 18.0 Å². The van der Waals surface area contributed by atoms with Crippen molar-refractivity contribution in [2.24, 2.45) is 0 Å². The number of ether oxygens (including phenoxy) is 1. The van der Waals surface area contributed by atoms with Crippen LogP contribution in [0.5, 0.6) is 0 Å². The second-order valence-corrected chi connectivity index (χ2v) is 9.34. The van der Waals surface area contributed by atoms with E-state index in [0.717, 1.165) is 4.90 Å². The molecular weight excluding hydrogens is 484 g/mol. The van der Waals surface area contributed by atoms with Gasteiger partial charge in [-0.05, 0) is 51.8 Å². The van der Waals surface area contributed by atoms with Crippen molar-refractivity contribution in [2.75, 3.05) is 13.1 Å². The highest BCUT2D eigenvalue weighted by Gasteiger charge is 2.41. The minimum absolute atomic E-state index is 0.109. The molecule has 0 aliphatic carbocycles. The molecule has 3 atom stereocenters. The largest absolute Gasteiger partial charge is 0.444 e. The zero-order valence-electron chi connectivity index (χ0n) is 19.5. The summed E-state index contributed by atoms with van der Waals surface area (Å²) < 4.78 is 85.7. The standard InChI is InChI=1S/C22H29F6N3O4/c1-21(2,3)35-20(34)30-13(7-12-8-15(24)16(25)10-14(12)23)9-18(32)31-6-4-5-29-19(33)17(31)11-22(26,27)28/h8,10,13,17,19,29,33H,4-7,9,11H2,1-3H3,(H,30,34). The van der Waals surface area contributed by atoms with Gasteiger partial charge in [0.15, 0.2) is 11.6 Å². The van der Waals surface area contributed by atoms with Crippen LogP contribution in [-0.4, -0.2) is 65.2 Å². The van der Waals surface area contributed by atoms with Gasteiger partial charge in [0.2, 0.25) is 5.91 Å². The molecule has 35 heavy (non-hydrogen) atoms. The monoisotopic (exact) mass is 513 g/mol. The number of amides is 2. The maximum Gasteiger partial charge on any atom is 0.407 e. The van der Waals surface area contributed by atoms with Gasteiger partial charge in [-0.15, -0.1) is 0 Å². The molecule has 1 fully saturated rings. The van der Waals surface area contributed by atoms with Gasteiger partial charge in [0.25, 0.3) is 0 Å². The molecule has 3 unspecified atom stereocenters. The first-order valence-corrected chi connectivity index (χ1v) is 11.0. The van der Waals surface area contributed by atoms with Crippen LogP contribution in [0.25, 0.3) is 0 Å². The first-order valence-electron chi connectivity index (χ1n) is 11.0. The number of nitrogens with one attached hydrogen (secondary N) is 2. The number of hydrogen-bond donors (Lipinski definition) is 3. The average Bonchev–Trinajstić information content (AvgIpc) is 2.85. The zero-order chi connectivity index (χ0) is 26.6. The van der Waals surface area contributed by atoms with E-state index in [-0.39, 0.29) is 25.1 Å². The van der Waals surface area contributed by atoms with Crippen LogP contribution in [0.4, 0.5) is 31.1 Å². The van der Waals surface area contributed by atoms with E-state index in [1.807, 2.05) is 0 Å². The maximum absolute atomic E-state index is 14.2. The summed E-state index contributed by atoms with van der Waals surface area (Å²) in [5.41, 5.74) is -1.30. The summed E-state index contributed by atoms with van der Waals surface area (Å²) in [6, 6.07) is -1.98. The Morgan fingerprint density at radius 1 is 1.17 bits per heavy atom. The van der Waals surface area contributed by atoms with Crippen molar-refractivity contribution in [3.05, 3.63) is 35.1 Å². The Kier molecular flexibility index (Phi) is 9.40. The Hall–Kier alpha value is -2.54. The summed E-state index contributed by atoms with van der Waals surface area (Å²) in [6.45, 7) is 4.75. The minimum atomic E-state index is -4.68. The number of hydrogen-bond acceptors (Lipinski definition) is 5. The zero-order valence-corrected chi connectivity index (χ0v) is 19.5. The molecule has 0 spiro atoms. The Balaban J connectivity index is 2.29. The molecule has 1 aromatic carbocycles. The fourth-order valence-electron chi connectivity index (χ4n) is 3.70. The third-order valence-corrected chi connectivity index (χ3v) is 5.15. The lowest BCUT2D eigenvalue weighted by molar-refractivity contribution is -0.164. The maximum atomic E-state index is 14.2. The third kappa shape index (κ3) is 9.21. The van der Waals surface area contributed by atoms with Crippen LogP contribution < -0.4 is 10.6 Å². The lowest BCUT2D eigenvalue weighted by atomic mass is 10.0. The Morgan fingerprint density at radius 3 is 2.40 bits per heavy atom. The quantitative estimate of drug-likeness (QED) is 0.401. The van der Waals surface area contributed by atoms with Crippen LogP contribution in [0.3, 0.4) is 0 Å². The lowest BCUT2D eigenvalue weighted by Gasteiger charge is -2.34. The summed E-state index contributed by atoms with van der Waals surface area (Å²) in [4.78, 5) is 26.2. The van der Waals surface area contributed by atoms with Gasteiger partial charge in [-0.1, -0.05) is 0 Å². The van der Waals surface area contributed by atoms with Crippen molar-refractivity contribution in [3.8, 4) is 0 Å². The Morgan fingerprint density at radius 2 is 1.80 bits per heavy atom. The Bertz CT molecular complexity index is 906. The topological polar surface area (TPSA) is 90.9 Å². The molecule has 0 bridgehead atoms. The summed E-state index contributed by atoms with van der Waals surface area (Å²) >= 11 is 0. The number of halogens is 6. The highest BCUT2D eigenvalue weighted by Crippen LogP contribution is 2.27. The Labute approximate surface area is 198 Å². The van der Waals surface area contributed by atoms with Crippen molar-refractivity contribution in [2.45, 2.75) is 76.5 Å². The van der Waals surface area contributed by atoms with Crippen LogP contribution in [0, 0.1) is 17.5 Å². The summed E-state index contributed by atoms with van der Waals surface area (Å²) in [6.07, 6.45) is -9.65. The van der Waals surface area contributed by atoms with Gasteiger partial charge in [-0.3, -0.25) is 10.1 Å². The normalized spacial score (nSPS) is 20.2. The van der Waals surface area contributed by atoms with Crippen LogP contribution in [0.2, 0.25) is 0 Å². The number of nitrogens with zero attached hydrogens (tertiary/aromatic N) is 1. The second-order valence-electron chi connectivity index (χ2n) is 9.34. The lowest BCUT2D eigenvalue weighted by Crippen LogP contribution is -2.53. The summed E-state index contributed by atoms with van der Waals surface area (Å²) in [5, 5.41) is 15.0. The smallest absolute Gasteiger partial charge is 0.407 e. The molecule has 1 aliphatic rings. The number of aliphatic hydroxyl groups is 1. The van der Waals surface area contributed by atoms with Crippen molar-refractivity contribution in [3.63, 3.8) is 0 Å². The predicted molar refractivity (Wildman–Crippen MR) is 113 cm³/mol. The van der Waals surface area contributed by atoms with Crippen LogP contribution in [-0.2, 0) is 16.0 Å². The number of alkyl halides is 3. The number of rotatable bonds is 6. The van der Waals surface area contributed by atoms with Gasteiger partial charge in [-0.2, -0.15) is 13.2 Å². The molecule has 0 aromatic heterocycles. The molecule has 1 aliphatic heterocycles. The number of alkyl carbamates (subject to hydrolysis) is 1. The predicted octanol–water partition coefficient (Wildman–Crippen LogP) is 3.39. The highest BCUT2D eigenvalue weighted by atomic mass is 19.4. The SMILES string of the molecule is CC(C)(C)OC(=O)NC(CC(=O)N1CCCNC(O)C1CC(F)(F)F)Cc1cc(F)c(F)cc1F. The van der Waals surface area contributed by atoms with E-state index in [1.165, 1.54) is 0 Å². The third-order valence-electron chi connectivity index (χ3n) is 5.15. The van der Waals surface area contributed by atoms with E-state index < -0.39 is 78.8 Å². The molecule has 1 saturated heterocycles. The molecule has 13 heteroatoms. The first kappa shape index (κ1) is 28.7. The van der Waals surface area contributed by atoms with E-state index in [4.69, 9.17) is 4.74 Å². The van der Waals surface area contributed by atoms with Gasteiger partial charge in [0.1, 0.15) is 17.6 Å². The fourth-order valence-corrected chi connectivity index (χ4v) is 3.70. The van der Waals surface area contributed by atoms with E-state index in [2.05, 4.69) is 10.6 Å². The molecule has 2 rings (SSSR count). The minimum Gasteiger partial charge on any atom is -0.444 e. The number of benzene rings is 1. The molecule has 1 aromatic rings. The van der Waals surface area contributed by atoms with Gasteiger partial charge in [0.05, 0.1) is 12.5 Å². The van der Waals surface area contributed by atoms with Gasteiger partial charge in [0, 0.05) is 25.1 Å². The summed E-state index contributed by atoms with van der Waals surface area (Å²) in [7, 11) is 0. The van der Waals surface area contributed by atoms with E-state index in [9.17, 15) is 41.0 Å². The number of aliphatic hydroxyl groups excluding tert-OH is 1. The second kappa shape index (κ2) is 11.5. The van der Waals surface area contributed by atoms with E-state index in [1.54, 1.807) is 20.8 Å². The molecule has 7 nitrogen and oxygen atoms in total. The molecular formula is C22H29F6N3O4. The van der Waals surface area contributed by atoms with Gasteiger partial charge >= 0.3 is 12.3 Å². The molecule has 0 radical (unpaired) electrons. The van der Waals surface area contributed by atoms with Crippen LogP contribution in [0.15, 0.2) is 12.1 Å². The molecule has 1 heterocycles. The van der Waals surface area contributed by atoms with Gasteiger partial charge < -0.3 is 20.1 Å². The van der Waals surface area contributed by atoms with Crippen LogP contribution in [0.1, 0.15) is 45.6 Å². The first-order chi connectivity index (χ1) is 16.1. The van der Waals surface area contributed by atoms with Crippen molar-refractivity contribution in [1.82, 2.24) is 15.5 Å². The average molecular weight is 513 g/mol. The number of carbonyl (C=O) groups excluding carboxylic acids is 2. The van der Waals surface area contributed by atoms with Crippen molar-refractivity contribution >= 4 is 12.0 Å². The number of carbonyl (C=O) groups is 2. The van der Waals surface area contributed by atoms with E-state index >= 15 is 0 Å². The molecule has 3 N–H and O–H groups in total. The highest BCUT2D eigenvalue weighted by molar-refractivity contribution is 5.78. The molecule has 0 saturated carbocycles. The molecule has 2 amide bonds. The summed E-state index contributed by atoms with van der Waals surface area (Å²) in [5.74, 6) is -4.77.